The molecule has 144 valence electrons. The van der Waals surface area contributed by atoms with E-state index in [0.29, 0.717) is 18.1 Å². The lowest BCUT2D eigenvalue weighted by molar-refractivity contribution is 0.0169. The van der Waals surface area contributed by atoms with Crippen LogP contribution in [-0.4, -0.2) is 49.2 Å². The molecule has 1 N–H and O–H groups in total. The Bertz CT molecular complexity index is 768. The van der Waals surface area contributed by atoms with E-state index in [1.807, 2.05) is 49.3 Å². The molecule has 6 nitrogen and oxygen atoms in total. The molecule has 0 radical (unpaired) electrons. The van der Waals surface area contributed by atoms with Gasteiger partial charge in [-0.3, -0.25) is 4.79 Å². The summed E-state index contributed by atoms with van der Waals surface area (Å²) in [5, 5.41) is 2.97. The van der Waals surface area contributed by atoms with Crippen molar-refractivity contribution in [2.75, 3.05) is 32.1 Å². The Morgan fingerprint density at radius 1 is 1.22 bits per heavy atom. The molecule has 0 aliphatic carbocycles. The van der Waals surface area contributed by atoms with Crippen LogP contribution in [0.3, 0.4) is 0 Å². The van der Waals surface area contributed by atoms with Gasteiger partial charge >= 0.3 is 0 Å². The van der Waals surface area contributed by atoms with Crippen LogP contribution in [0.1, 0.15) is 42.2 Å². The van der Waals surface area contributed by atoms with Gasteiger partial charge in [0.15, 0.2) is 0 Å². The van der Waals surface area contributed by atoms with E-state index in [1.54, 1.807) is 0 Å². The number of amides is 1. The van der Waals surface area contributed by atoms with Gasteiger partial charge < -0.3 is 15.0 Å². The fraction of sp³-hybridized carbons (Fsp3) is 0.476. The lowest BCUT2D eigenvalue weighted by Gasteiger charge is -2.22. The number of nitrogens with one attached hydrogen (secondary N) is 1. The maximum absolute atomic E-state index is 12.4. The molecule has 1 atom stereocenters. The molecular weight excluding hydrogens is 340 g/mol. The van der Waals surface area contributed by atoms with Gasteiger partial charge in [-0.05, 0) is 43.9 Å². The maximum Gasteiger partial charge on any atom is 0.251 e. The maximum atomic E-state index is 12.4. The highest BCUT2D eigenvalue weighted by Gasteiger charge is 2.15. The van der Waals surface area contributed by atoms with Crippen molar-refractivity contribution in [2.24, 2.45) is 0 Å². The van der Waals surface area contributed by atoms with Crippen LogP contribution in [0.5, 0.6) is 0 Å². The number of carbonyl (C=O) groups excluding carboxylic acids is 1. The van der Waals surface area contributed by atoms with Crippen LogP contribution < -0.4 is 10.2 Å². The average Bonchev–Trinajstić information content (AvgIpc) is 2.72. The number of anilines is 1. The normalized spacial score (nSPS) is 16.8. The molecule has 27 heavy (non-hydrogen) atoms. The zero-order chi connectivity index (χ0) is 19.2. The average molecular weight is 368 g/mol. The third kappa shape index (κ3) is 5.04. The zero-order valence-corrected chi connectivity index (χ0v) is 16.4. The molecule has 6 heteroatoms. The molecule has 1 aromatic carbocycles. The monoisotopic (exact) mass is 368 g/mol. The van der Waals surface area contributed by atoms with Gasteiger partial charge in [0.25, 0.3) is 5.91 Å². The Morgan fingerprint density at radius 2 is 2.00 bits per heavy atom. The van der Waals surface area contributed by atoms with Crippen LogP contribution in [0.15, 0.2) is 30.3 Å². The van der Waals surface area contributed by atoms with Crippen molar-refractivity contribution in [1.29, 1.82) is 0 Å². The first-order chi connectivity index (χ1) is 13.1. The molecule has 1 unspecified atom stereocenters. The number of benzene rings is 1. The molecule has 1 amide bonds. The minimum absolute atomic E-state index is 0.0679. The molecule has 0 bridgehead atoms. The number of ether oxygens (including phenoxy) is 1. The number of nitrogens with zero attached hydrogens (tertiary/aromatic N) is 3. The Balaban J connectivity index is 1.69. The van der Waals surface area contributed by atoms with E-state index in [2.05, 4.69) is 22.2 Å². The SMILES string of the molecule is CCc1cc(-c2ccc(C(=O)NCC3CCCCO3)cc2)nc(N(C)C)n1. The Labute approximate surface area is 161 Å². The summed E-state index contributed by atoms with van der Waals surface area (Å²) in [7, 11) is 3.87. The molecule has 1 aromatic heterocycles. The number of aryl methyl sites for hydroxylation is 1. The first-order valence-electron chi connectivity index (χ1n) is 9.62. The van der Waals surface area contributed by atoms with E-state index in [1.165, 1.54) is 6.42 Å². The van der Waals surface area contributed by atoms with E-state index < -0.39 is 0 Å². The lowest BCUT2D eigenvalue weighted by atomic mass is 10.1. The van der Waals surface area contributed by atoms with E-state index in [0.717, 1.165) is 42.8 Å². The number of carbonyl (C=O) groups is 1. The fourth-order valence-corrected chi connectivity index (χ4v) is 3.08. The van der Waals surface area contributed by atoms with Crippen molar-refractivity contribution in [3.8, 4) is 11.3 Å². The third-order valence-electron chi connectivity index (χ3n) is 4.74. The van der Waals surface area contributed by atoms with Crippen molar-refractivity contribution < 1.29 is 9.53 Å². The number of rotatable bonds is 6. The van der Waals surface area contributed by atoms with Crippen molar-refractivity contribution >= 4 is 11.9 Å². The summed E-state index contributed by atoms with van der Waals surface area (Å²) in [6.07, 6.45) is 4.29. The van der Waals surface area contributed by atoms with Gasteiger partial charge in [-0.2, -0.15) is 0 Å². The van der Waals surface area contributed by atoms with Crippen LogP contribution in [0.25, 0.3) is 11.3 Å². The van der Waals surface area contributed by atoms with E-state index in [4.69, 9.17) is 4.74 Å². The summed E-state index contributed by atoms with van der Waals surface area (Å²) in [6, 6.07) is 9.56. The van der Waals surface area contributed by atoms with Crippen LogP contribution in [0, 0.1) is 0 Å². The van der Waals surface area contributed by atoms with Gasteiger partial charge in [-0.25, -0.2) is 9.97 Å². The molecule has 0 spiro atoms. The molecule has 3 rings (SSSR count). The van der Waals surface area contributed by atoms with Crippen LogP contribution >= 0.6 is 0 Å². The van der Waals surface area contributed by atoms with Gasteiger partial charge in [0, 0.05) is 44.1 Å². The highest BCUT2D eigenvalue weighted by atomic mass is 16.5. The van der Waals surface area contributed by atoms with Crippen molar-refractivity contribution in [2.45, 2.75) is 38.7 Å². The number of hydrogen-bond acceptors (Lipinski definition) is 5. The predicted octanol–water partition coefficient (Wildman–Crippen LogP) is 3.07. The summed E-state index contributed by atoms with van der Waals surface area (Å²) in [5.74, 6) is 0.625. The second kappa shape index (κ2) is 8.95. The van der Waals surface area contributed by atoms with Gasteiger partial charge in [0.1, 0.15) is 0 Å². The molecule has 1 fully saturated rings. The second-order valence-electron chi connectivity index (χ2n) is 7.07. The summed E-state index contributed by atoms with van der Waals surface area (Å²) >= 11 is 0. The Morgan fingerprint density at radius 3 is 2.63 bits per heavy atom. The molecule has 2 aromatic rings. The number of hydrogen-bond donors (Lipinski definition) is 1. The second-order valence-corrected chi connectivity index (χ2v) is 7.07. The Hall–Kier alpha value is -2.47. The van der Waals surface area contributed by atoms with Crippen molar-refractivity contribution in [3.05, 3.63) is 41.6 Å². The summed E-state index contributed by atoms with van der Waals surface area (Å²) in [5.41, 5.74) is 3.49. The smallest absolute Gasteiger partial charge is 0.251 e. The van der Waals surface area contributed by atoms with Gasteiger partial charge in [0.2, 0.25) is 5.95 Å². The third-order valence-corrected chi connectivity index (χ3v) is 4.74. The standard InChI is InChI=1S/C21H28N4O2/c1-4-17-13-19(24-21(23-17)25(2)3)15-8-10-16(11-9-15)20(26)22-14-18-7-5-6-12-27-18/h8-11,13,18H,4-7,12,14H2,1-3H3,(H,22,26). The summed E-state index contributed by atoms with van der Waals surface area (Å²) in [4.78, 5) is 23.4. The highest BCUT2D eigenvalue weighted by Crippen LogP contribution is 2.21. The first-order valence-corrected chi connectivity index (χ1v) is 9.62. The van der Waals surface area contributed by atoms with E-state index in [9.17, 15) is 4.79 Å². The molecule has 0 saturated carbocycles. The van der Waals surface area contributed by atoms with E-state index in [-0.39, 0.29) is 12.0 Å². The van der Waals surface area contributed by atoms with Gasteiger partial charge in [0.05, 0.1) is 11.8 Å². The van der Waals surface area contributed by atoms with Crippen LogP contribution in [0.2, 0.25) is 0 Å². The number of aromatic nitrogens is 2. The van der Waals surface area contributed by atoms with Crippen molar-refractivity contribution in [3.63, 3.8) is 0 Å². The highest BCUT2D eigenvalue weighted by molar-refractivity contribution is 5.94. The molecule has 1 saturated heterocycles. The van der Waals surface area contributed by atoms with Gasteiger partial charge in [-0.1, -0.05) is 19.1 Å². The minimum atomic E-state index is -0.0679. The Kier molecular flexibility index (Phi) is 6.40. The molecule has 2 heterocycles. The fourth-order valence-electron chi connectivity index (χ4n) is 3.08. The minimum Gasteiger partial charge on any atom is -0.376 e. The summed E-state index contributed by atoms with van der Waals surface area (Å²) in [6.45, 7) is 3.44. The largest absolute Gasteiger partial charge is 0.376 e. The molecule has 1 aliphatic rings. The molecular formula is C21H28N4O2. The van der Waals surface area contributed by atoms with Gasteiger partial charge in [-0.15, -0.1) is 0 Å². The topological polar surface area (TPSA) is 67.3 Å². The van der Waals surface area contributed by atoms with Crippen LogP contribution in [-0.2, 0) is 11.2 Å². The zero-order valence-electron chi connectivity index (χ0n) is 16.4. The molecule has 1 aliphatic heterocycles. The predicted molar refractivity (Wildman–Crippen MR) is 107 cm³/mol. The first kappa shape index (κ1) is 19.3. The van der Waals surface area contributed by atoms with Crippen molar-refractivity contribution in [1.82, 2.24) is 15.3 Å². The summed E-state index contributed by atoms with van der Waals surface area (Å²) < 4.78 is 5.66. The van der Waals surface area contributed by atoms with Crippen LogP contribution in [0.4, 0.5) is 5.95 Å². The van der Waals surface area contributed by atoms with E-state index >= 15 is 0 Å². The lowest BCUT2D eigenvalue weighted by Crippen LogP contribution is -2.35. The quantitative estimate of drug-likeness (QED) is 0.849.